The predicted molar refractivity (Wildman–Crippen MR) is 65.8 cm³/mol. The number of hydrogen-bond donors (Lipinski definition) is 0. The molecule has 1 aliphatic rings. The van der Waals surface area contributed by atoms with Gasteiger partial charge in [-0.25, -0.2) is 4.39 Å². The van der Waals surface area contributed by atoms with Crippen molar-refractivity contribution in [2.24, 2.45) is 0 Å². The number of fused-ring (bicyclic) bond motifs is 2. The summed E-state index contributed by atoms with van der Waals surface area (Å²) in [4.78, 5) is 13.3. The Labute approximate surface area is 103 Å². The molecule has 3 heteroatoms. The first-order valence-corrected chi connectivity index (χ1v) is 6.29. The lowest BCUT2D eigenvalue weighted by molar-refractivity contribution is 0.103. The van der Waals surface area contributed by atoms with E-state index in [0.29, 0.717) is 16.9 Å². The van der Waals surface area contributed by atoms with Crippen LogP contribution >= 0.6 is 11.8 Å². The molecule has 0 aromatic heterocycles. The molecule has 0 fully saturated rings. The minimum Gasteiger partial charge on any atom is -0.289 e. The van der Waals surface area contributed by atoms with E-state index >= 15 is 0 Å². The number of ketones is 1. The van der Waals surface area contributed by atoms with Crippen molar-refractivity contribution in [3.05, 3.63) is 65.0 Å². The summed E-state index contributed by atoms with van der Waals surface area (Å²) >= 11 is 1.62. The van der Waals surface area contributed by atoms with E-state index in [-0.39, 0.29) is 11.6 Å². The molecule has 0 radical (unpaired) electrons. The maximum Gasteiger partial charge on any atom is 0.194 e. The molecule has 0 aliphatic carbocycles. The van der Waals surface area contributed by atoms with Crippen molar-refractivity contribution in [1.82, 2.24) is 0 Å². The first-order chi connectivity index (χ1) is 8.25. The second kappa shape index (κ2) is 4.00. The summed E-state index contributed by atoms with van der Waals surface area (Å²) in [7, 11) is 0. The van der Waals surface area contributed by atoms with Crippen LogP contribution in [-0.2, 0) is 5.75 Å². The van der Waals surface area contributed by atoms with E-state index in [1.807, 2.05) is 18.2 Å². The van der Waals surface area contributed by atoms with Gasteiger partial charge in [0.1, 0.15) is 5.82 Å². The second-order valence-electron chi connectivity index (χ2n) is 3.92. The number of carbonyl (C=O) groups is 1. The molecule has 0 saturated heterocycles. The topological polar surface area (TPSA) is 17.1 Å². The summed E-state index contributed by atoms with van der Waals surface area (Å²) in [5.74, 6) is 0.264. The molecular weight excluding hydrogens is 235 g/mol. The van der Waals surface area contributed by atoms with E-state index in [4.69, 9.17) is 0 Å². The third kappa shape index (κ3) is 1.76. The molecule has 84 valence electrons. The summed E-state index contributed by atoms with van der Waals surface area (Å²) in [5, 5.41) is 0. The van der Waals surface area contributed by atoms with Crippen LogP contribution in [0.15, 0.2) is 47.4 Å². The molecule has 1 heterocycles. The van der Waals surface area contributed by atoms with Gasteiger partial charge in [0.2, 0.25) is 0 Å². The van der Waals surface area contributed by atoms with Crippen molar-refractivity contribution >= 4 is 17.5 Å². The average Bonchev–Trinajstić information content (AvgIpc) is 2.49. The van der Waals surface area contributed by atoms with Crippen molar-refractivity contribution in [3.63, 3.8) is 0 Å². The quantitative estimate of drug-likeness (QED) is 0.703. The van der Waals surface area contributed by atoms with Crippen LogP contribution in [0.4, 0.5) is 4.39 Å². The SMILES string of the molecule is O=C1c2cc(F)ccc2CSc2ccccc21. The molecular formula is C14H9FOS. The Bertz CT molecular complexity index is 607. The standard InChI is InChI=1S/C14H9FOS/c15-10-6-5-9-8-17-13-4-2-1-3-11(13)14(16)12(9)7-10/h1-7H,8H2. The van der Waals surface area contributed by atoms with E-state index in [9.17, 15) is 9.18 Å². The van der Waals surface area contributed by atoms with Gasteiger partial charge < -0.3 is 0 Å². The highest BCUT2D eigenvalue weighted by Crippen LogP contribution is 2.33. The van der Waals surface area contributed by atoms with Crippen LogP contribution in [0.3, 0.4) is 0 Å². The number of rotatable bonds is 0. The van der Waals surface area contributed by atoms with Gasteiger partial charge in [0.05, 0.1) is 0 Å². The molecule has 17 heavy (non-hydrogen) atoms. The lowest BCUT2D eigenvalue weighted by Gasteiger charge is -2.04. The van der Waals surface area contributed by atoms with Crippen molar-refractivity contribution in [3.8, 4) is 0 Å². The smallest absolute Gasteiger partial charge is 0.194 e. The fourth-order valence-corrected chi connectivity index (χ4v) is 3.02. The first-order valence-electron chi connectivity index (χ1n) is 5.30. The summed E-state index contributed by atoms with van der Waals surface area (Å²) in [6.07, 6.45) is 0. The Morgan fingerprint density at radius 1 is 1.06 bits per heavy atom. The molecule has 0 atom stereocenters. The molecule has 0 unspecified atom stereocenters. The zero-order chi connectivity index (χ0) is 11.8. The molecule has 0 spiro atoms. The van der Waals surface area contributed by atoms with Gasteiger partial charge in [-0.2, -0.15) is 0 Å². The van der Waals surface area contributed by atoms with E-state index in [1.165, 1.54) is 12.1 Å². The Morgan fingerprint density at radius 2 is 1.88 bits per heavy atom. The maximum atomic E-state index is 13.2. The van der Waals surface area contributed by atoms with Crippen molar-refractivity contribution < 1.29 is 9.18 Å². The second-order valence-corrected chi connectivity index (χ2v) is 4.93. The summed E-state index contributed by atoms with van der Waals surface area (Å²) < 4.78 is 13.2. The fraction of sp³-hybridized carbons (Fsp3) is 0.0714. The van der Waals surface area contributed by atoms with Crippen LogP contribution in [-0.4, -0.2) is 5.78 Å². The van der Waals surface area contributed by atoms with Gasteiger partial charge in [-0.3, -0.25) is 4.79 Å². The molecule has 0 saturated carbocycles. The number of carbonyl (C=O) groups excluding carboxylic acids is 1. The third-order valence-electron chi connectivity index (χ3n) is 2.83. The molecule has 0 N–H and O–H groups in total. The maximum absolute atomic E-state index is 13.2. The number of benzene rings is 2. The van der Waals surface area contributed by atoms with Gasteiger partial charge in [-0.1, -0.05) is 18.2 Å². The molecule has 2 aromatic carbocycles. The van der Waals surface area contributed by atoms with E-state index in [2.05, 4.69) is 0 Å². The largest absolute Gasteiger partial charge is 0.289 e. The third-order valence-corrected chi connectivity index (χ3v) is 3.95. The summed E-state index contributed by atoms with van der Waals surface area (Å²) in [5.41, 5.74) is 2.06. The Balaban J connectivity index is 2.22. The lowest BCUT2D eigenvalue weighted by atomic mass is 9.99. The number of hydrogen-bond acceptors (Lipinski definition) is 2. The van der Waals surface area contributed by atoms with Crippen LogP contribution in [0.25, 0.3) is 0 Å². The van der Waals surface area contributed by atoms with Gasteiger partial charge in [-0.15, -0.1) is 11.8 Å². The van der Waals surface area contributed by atoms with E-state index in [0.717, 1.165) is 10.5 Å². The van der Waals surface area contributed by atoms with E-state index in [1.54, 1.807) is 23.9 Å². The highest BCUT2D eigenvalue weighted by atomic mass is 32.2. The highest BCUT2D eigenvalue weighted by Gasteiger charge is 2.21. The van der Waals surface area contributed by atoms with Crippen LogP contribution in [0.1, 0.15) is 21.5 Å². The van der Waals surface area contributed by atoms with Crippen LogP contribution in [0.2, 0.25) is 0 Å². The molecule has 1 nitrogen and oxygen atoms in total. The number of thioether (sulfide) groups is 1. The van der Waals surface area contributed by atoms with Crippen molar-refractivity contribution in [2.75, 3.05) is 0 Å². The zero-order valence-electron chi connectivity index (χ0n) is 8.94. The minimum atomic E-state index is -0.360. The van der Waals surface area contributed by atoms with Gasteiger partial charge in [0.25, 0.3) is 0 Å². The van der Waals surface area contributed by atoms with Gasteiger partial charge >= 0.3 is 0 Å². The molecule has 0 bridgehead atoms. The van der Waals surface area contributed by atoms with E-state index < -0.39 is 0 Å². The minimum absolute atomic E-state index is 0.0832. The van der Waals surface area contributed by atoms with Crippen LogP contribution in [0, 0.1) is 5.82 Å². The predicted octanol–water partition coefficient (Wildman–Crippen LogP) is 3.66. The monoisotopic (exact) mass is 244 g/mol. The Hall–Kier alpha value is -1.61. The van der Waals surface area contributed by atoms with Crippen molar-refractivity contribution in [2.45, 2.75) is 10.6 Å². The molecule has 0 amide bonds. The molecule has 2 aromatic rings. The fourth-order valence-electron chi connectivity index (χ4n) is 1.97. The lowest BCUT2D eigenvalue weighted by Crippen LogP contribution is -2.04. The number of halogens is 1. The summed E-state index contributed by atoms with van der Waals surface area (Å²) in [6.45, 7) is 0. The van der Waals surface area contributed by atoms with Gasteiger partial charge in [-0.05, 0) is 29.8 Å². The summed E-state index contributed by atoms with van der Waals surface area (Å²) in [6, 6.07) is 11.9. The highest BCUT2D eigenvalue weighted by molar-refractivity contribution is 7.98. The Morgan fingerprint density at radius 3 is 2.76 bits per heavy atom. The Kier molecular flexibility index (Phi) is 2.48. The van der Waals surface area contributed by atoms with Crippen LogP contribution in [0.5, 0.6) is 0 Å². The molecule has 1 aliphatic heterocycles. The van der Waals surface area contributed by atoms with Crippen molar-refractivity contribution in [1.29, 1.82) is 0 Å². The van der Waals surface area contributed by atoms with Gasteiger partial charge in [0.15, 0.2) is 5.78 Å². The van der Waals surface area contributed by atoms with Crippen LogP contribution < -0.4 is 0 Å². The molecule has 3 rings (SSSR count). The first kappa shape index (κ1) is 10.5. The van der Waals surface area contributed by atoms with Gasteiger partial charge in [0, 0.05) is 21.8 Å². The normalized spacial score (nSPS) is 13.8. The average molecular weight is 244 g/mol. The zero-order valence-corrected chi connectivity index (χ0v) is 9.76.